The van der Waals surface area contributed by atoms with Crippen molar-refractivity contribution in [2.45, 2.75) is 40.0 Å². The molecule has 0 amide bonds. The largest absolute Gasteiger partial charge is 0.0683 e. The molecule has 0 nitrogen and oxygen atoms in total. The molecule has 0 N–H and O–H groups in total. The predicted octanol–water partition coefficient (Wildman–Crippen LogP) is 5.21. The number of hydrogen-bond donors (Lipinski definition) is 0. The number of unbranched alkanes of at least 4 members (excludes halogenated alkanes) is 1. The summed E-state index contributed by atoms with van der Waals surface area (Å²) in [5.74, 6) is 0. The molecule has 2 aromatic carbocycles. The van der Waals surface area contributed by atoms with Crippen LogP contribution in [0.3, 0.4) is 0 Å². The molecular formula is C16H22. The maximum atomic E-state index is 2.25. The lowest BCUT2D eigenvalue weighted by molar-refractivity contribution is 0.799. The van der Waals surface area contributed by atoms with Crippen molar-refractivity contribution in [3.05, 3.63) is 48.0 Å². The smallest absolute Gasteiger partial charge is 0.0152 e. The van der Waals surface area contributed by atoms with Crippen molar-refractivity contribution in [2.24, 2.45) is 0 Å². The Bertz CT molecular complexity index is 410. The van der Waals surface area contributed by atoms with Crippen molar-refractivity contribution in [1.82, 2.24) is 0 Å². The second kappa shape index (κ2) is 7.05. The van der Waals surface area contributed by atoms with Gasteiger partial charge in [-0.2, -0.15) is 0 Å². The van der Waals surface area contributed by atoms with Gasteiger partial charge in [0.05, 0.1) is 0 Å². The van der Waals surface area contributed by atoms with E-state index in [1.807, 2.05) is 13.8 Å². The van der Waals surface area contributed by atoms with Crippen molar-refractivity contribution in [3.63, 3.8) is 0 Å². The molecule has 0 atom stereocenters. The van der Waals surface area contributed by atoms with Gasteiger partial charge >= 0.3 is 0 Å². The fraction of sp³-hybridized carbons (Fsp3) is 0.375. The Morgan fingerprint density at radius 2 is 1.56 bits per heavy atom. The number of rotatable bonds is 3. The normalized spacial score (nSPS) is 9.69. The maximum Gasteiger partial charge on any atom is -0.0152 e. The van der Waals surface area contributed by atoms with E-state index in [4.69, 9.17) is 0 Å². The maximum absolute atomic E-state index is 2.25. The van der Waals surface area contributed by atoms with Crippen LogP contribution in [0.1, 0.15) is 39.2 Å². The molecule has 0 aliphatic carbocycles. The molecule has 0 aliphatic heterocycles. The van der Waals surface area contributed by atoms with Crippen LogP contribution in [0.25, 0.3) is 10.8 Å². The Hall–Kier alpha value is -1.30. The summed E-state index contributed by atoms with van der Waals surface area (Å²) in [5, 5.41) is 2.78. The van der Waals surface area contributed by atoms with Gasteiger partial charge in [0.2, 0.25) is 0 Å². The molecule has 0 bridgehead atoms. The lowest BCUT2D eigenvalue weighted by Crippen LogP contribution is -1.86. The summed E-state index contributed by atoms with van der Waals surface area (Å²) in [7, 11) is 0. The molecule has 0 saturated carbocycles. The van der Waals surface area contributed by atoms with Crippen LogP contribution >= 0.6 is 0 Å². The summed E-state index contributed by atoms with van der Waals surface area (Å²) < 4.78 is 0. The molecule has 0 unspecified atom stereocenters. The van der Waals surface area contributed by atoms with E-state index < -0.39 is 0 Å². The number of benzene rings is 2. The molecule has 0 heteroatoms. The average Bonchev–Trinajstić information content (AvgIpc) is 2.38. The van der Waals surface area contributed by atoms with Crippen molar-refractivity contribution in [2.75, 3.05) is 0 Å². The summed E-state index contributed by atoms with van der Waals surface area (Å²) >= 11 is 0. The van der Waals surface area contributed by atoms with E-state index in [2.05, 4.69) is 49.4 Å². The quantitative estimate of drug-likeness (QED) is 0.658. The molecule has 0 spiro atoms. The topological polar surface area (TPSA) is 0 Å². The first-order valence-electron chi connectivity index (χ1n) is 6.38. The molecule has 2 aromatic rings. The fourth-order valence-electron chi connectivity index (χ4n) is 1.88. The third-order valence-corrected chi connectivity index (χ3v) is 2.68. The van der Waals surface area contributed by atoms with E-state index in [-0.39, 0.29) is 0 Å². The second-order valence-corrected chi connectivity index (χ2v) is 3.74. The van der Waals surface area contributed by atoms with E-state index in [1.165, 1.54) is 35.6 Å². The molecule has 16 heavy (non-hydrogen) atoms. The standard InChI is InChI=1S/C14H16.C2H6/c1-2-3-7-12-9-6-10-13-8-4-5-11-14(12)13;1-2/h4-6,8-11H,2-3,7H2,1H3;1-2H3. The van der Waals surface area contributed by atoms with Crippen LogP contribution in [-0.2, 0) is 6.42 Å². The predicted molar refractivity (Wildman–Crippen MR) is 73.9 cm³/mol. The Labute approximate surface area is 99.3 Å². The van der Waals surface area contributed by atoms with Crippen molar-refractivity contribution in [3.8, 4) is 0 Å². The van der Waals surface area contributed by atoms with Gasteiger partial charge in [-0.25, -0.2) is 0 Å². The van der Waals surface area contributed by atoms with Crippen molar-refractivity contribution >= 4 is 10.8 Å². The molecule has 0 radical (unpaired) electrons. The molecular weight excluding hydrogens is 192 g/mol. The van der Waals surface area contributed by atoms with Crippen LogP contribution in [0.5, 0.6) is 0 Å². The summed E-state index contributed by atoms with van der Waals surface area (Å²) in [4.78, 5) is 0. The first kappa shape index (κ1) is 12.8. The van der Waals surface area contributed by atoms with Gasteiger partial charge in [0.25, 0.3) is 0 Å². The van der Waals surface area contributed by atoms with Gasteiger partial charge in [0, 0.05) is 0 Å². The van der Waals surface area contributed by atoms with Gasteiger partial charge in [0.1, 0.15) is 0 Å². The SMILES string of the molecule is CC.CCCCc1cccc2ccccc12. The van der Waals surface area contributed by atoms with E-state index in [9.17, 15) is 0 Å². The van der Waals surface area contributed by atoms with Crippen molar-refractivity contribution < 1.29 is 0 Å². The van der Waals surface area contributed by atoms with Gasteiger partial charge in [-0.3, -0.25) is 0 Å². The summed E-state index contributed by atoms with van der Waals surface area (Å²) in [6.45, 7) is 6.24. The Morgan fingerprint density at radius 3 is 2.31 bits per heavy atom. The zero-order chi connectivity index (χ0) is 11.8. The zero-order valence-corrected chi connectivity index (χ0v) is 10.7. The van der Waals surface area contributed by atoms with E-state index in [0.29, 0.717) is 0 Å². The monoisotopic (exact) mass is 214 g/mol. The van der Waals surface area contributed by atoms with Gasteiger partial charge in [-0.1, -0.05) is 69.7 Å². The number of hydrogen-bond acceptors (Lipinski definition) is 0. The minimum atomic E-state index is 1.21. The second-order valence-electron chi connectivity index (χ2n) is 3.74. The minimum absolute atomic E-state index is 1.21. The van der Waals surface area contributed by atoms with Gasteiger partial charge < -0.3 is 0 Å². The van der Waals surface area contributed by atoms with Crippen LogP contribution in [0.4, 0.5) is 0 Å². The third kappa shape index (κ3) is 3.10. The average molecular weight is 214 g/mol. The first-order chi connectivity index (χ1) is 7.92. The molecule has 2 rings (SSSR count). The van der Waals surface area contributed by atoms with E-state index in [0.717, 1.165) is 0 Å². The molecule has 0 heterocycles. The number of aryl methyl sites for hydroxylation is 1. The summed E-state index contributed by atoms with van der Waals surface area (Å²) in [6, 6.07) is 15.2. The van der Waals surface area contributed by atoms with Crippen LogP contribution in [-0.4, -0.2) is 0 Å². The third-order valence-electron chi connectivity index (χ3n) is 2.68. The van der Waals surface area contributed by atoms with Crippen molar-refractivity contribution in [1.29, 1.82) is 0 Å². The number of fused-ring (bicyclic) bond motifs is 1. The lowest BCUT2D eigenvalue weighted by atomic mass is 10.0. The highest BCUT2D eigenvalue weighted by atomic mass is 14.0. The Kier molecular flexibility index (Phi) is 5.63. The van der Waals surface area contributed by atoms with E-state index in [1.54, 1.807) is 0 Å². The fourth-order valence-corrected chi connectivity index (χ4v) is 1.88. The molecule has 0 aromatic heterocycles. The van der Waals surface area contributed by atoms with E-state index >= 15 is 0 Å². The van der Waals surface area contributed by atoms with Gasteiger partial charge in [-0.15, -0.1) is 0 Å². The lowest BCUT2D eigenvalue weighted by Gasteiger charge is -2.04. The summed E-state index contributed by atoms with van der Waals surface area (Å²) in [5.41, 5.74) is 1.49. The molecule has 0 saturated heterocycles. The van der Waals surface area contributed by atoms with Gasteiger partial charge in [0.15, 0.2) is 0 Å². The minimum Gasteiger partial charge on any atom is -0.0683 e. The van der Waals surface area contributed by atoms with Crippen LogP contribution in [0.15, 0.2) is 42.5 Å². The molecule has 86 valence electrons. The highest BCUT2D eigenvalue weighted by Crippen LogP contribution is 2.19. The highest BCUT2D eigenvalue weighted by molar-refractivity contribution is 5.85. The molecule has 0 aliphatic rings. The zero-order valence-electron chi connectivity index (χ0n) is 10.7. The van der Waals surface area contributed by atoms with Crippen LogP contribution in [0.2, 0.25) is 0 Å². The first-order valence-corrected chi connectivity index (χ1v) is 6.38. The summed E-state index contributed by atoms with van der Waals surface area (Å²) in [6.07, 6.45) is 3.76. The highest BCUT2D eigenvalue weighted by Gasteiger charge is 1.98. The van der Waals surface area contributed by atoms with Crippen LogP contribution in [0, 0.1) is 0 Å². The van der Waals surface area contributed by atoms with Gasteiger partial charge in [-0.05, 0) is 29.2 Å². The Balaban J connectivity index is 0.000000606. The molecule has 0 fully saturated rings. The Morgan fingerprint density at radius 1 is 0.875 bits per heavy atom. The van der Waals surface area contributed by atoms with Crippen LogP contribution < -0.4 is 0 Å².